The lowest BCUT2D eigenvalue weighted by atomic mass is 9.98. The van der Waals surface area contributed by atoms with Gasteiger partial charge >= 0.3 is 0 Å². The molecule has 1 aliphatic heterocycles. The van der Waals surface area contributed by atoms with Gasteiger partial charge in [0.15, 0.2) is 0 Å². The van der Waals surface area contributed by atoms with Gasteiger partial charge in [-0.05, 0) is 69.8 Å². The molecule has 0 radical (unpaired) electrons. The van der Waals surface area contributed by atoms with Crippen LogP contribution >= 0.6 is 0 Å². The summed E-state index contributed by atoms with van der Waals surface area (Å²) < 4.78 is 0. The van der Waals surface area contributed by atoms with Crippen LogP contribution in [-0.4, -0.2) is 27.5 Å². The number of hydrogen-bond acceptors (Lipinski definition) is 2. The number of aromatic nitrogens is 2. The molecule has 21 heavy (non-hydrogen) atoms. The number of likely N-dealkylation sites (tertiary alicyclic amines) is 1. The maximum absolute atomic E-state index is 4.86. The molecule has 0 aliphatic carbocycles. The Morgan fingerprint density at radius 1 is 1.29 bits per heavy atom. The Morgan fingerprint density at radius 3 is 2.81 bits per heavy atom. The number of aryl methyl sites for hydroxylation is 2. The Balaban J connectivity index is 1.91. The second kappa shape index (κ2) is 5.80. The topological polar surface area (TPSA) is 31.9 Å². The van der Waals surface area contributed by atoms with E-state index in [-0.39, 0.29) is 0 Å². The maximum Gasteiger partial charge on any atom is 0.124 e. The number of nitrogens with zero attached hydrogens (tertiary/aromatic N) is 2. The minimum Gasteiger partial charge on any atom is -0.341 e. The number of H-pyrrole nitrogens is 1. The first kappa shape index (κ1) is 14.6. The number of fused-ring (bicyclic) bond motifs is 1. The van der Waals surface area contributed by atoms with Crippen molar-refractivity contribution in [3.63, 3.8) is 0 Å². The van der Waals surface area contributed by atoms with Crippen LogP contribution in [0.2, 0.25) is 0 Å². The first-order valence-electron chi connectivity index (χ1n) is 8.32. The number of hydrogen-bond donors (Lipinski definition) is 1. The third kappa shape index (κ3) is 2.71. The molecule has 1 fully saturated rings. The zero-order chi connectivity index (χ0) is 15.0. The summed E-state index contributed by atoms with van der Waals surface area (Å²) in [5.74, 6) is 1.12. The lowest BCUT2D eigenvalue weighted by molar-refractivity contribution is 0.0963. The number of aromatic amines is 1. The van der Waals surface area contributed by atoms with E-state index in [1.54, 1.807) is 0 Å². The smallest absolute Gasteiger partial charge is 0.124 e. The standard InChI is InChI=1S/C18H27N3/c1-5-15-8-6-7-9-21(15)14(4)18-19-16-10-12(2)13(3)11-17(16)20-18/h10-11,14-15H,5-9H2,1-4H3,(H,19,20). The van der Waals surface area contributed by atoms with Crippen LogP contribution < -0.4 is 0 Å². The average Bonchev–Trinajstić information content (AvgIpc) is 2.89. The molecule has 3 nitrogen and oxygen atoms in total. The Labute approximate surface area is 127 Å². The highest BCUT2D eigenvalue weighted by atomic mass is 15.2. The van der Waals surface area contributed by atoms with Gasteiger partial charge in [0.05, 0.1) is 17.1 Å². The monoisotopic (exact) mass is 285 g/mol. The quantitative estimate of drug-likeness (QED) is 0.900. The van der Waals surface area contributed by atoms with E-state index >= 15 is 0 Å². The molecule has 1 aromatic heterocycles. The first-order chi connectivity index (χ1) is 10.1. The van der Waals surface area contributed by atoms with E-state index in [9.17, 15) is 0 Å². The van der Waals surface area contributed by atoms with Gasteiger partial charge in [-0.15, -0.1) is 0 Å². The highest BCUT2D eigenvalue weighted by molar-refractivity contribution is 5.77. The molecule has 0 bridgehead atoms. The summed E-state index contributed by atoms with van der Waals surface area (Å²) in [7, 11) is 0. The predicted octanol–water partition coefficient (Wildman–Crippen LogP) is 4.51. The van der Waals surface area contributed by atoms with E-state index in [0.717, 1.165) is 11.3 Å². The van der Waals surface area contributed by atoms with Gasteiger partial charge in [0.1, 0.15) is 5.82 Å². The van der Waals surface area contributed by atoms with Gasteiger partial charge in [0.25, 0.3) is 0 Å². The number of rotatable bonds is 3. The Bertz CT molecular complexity index is 590. The largest absolute Gasteiger partial charge is 0.341 e. The van der Waals surface area contributed by atoms with Gasteiger partial charge in [0, 0.05) is 6.04 Å². The third-order valence-corrected chi connectivity index (χ3v) is 5.15. The van der Waals surface area contributed by atoms with E-state index in [4.69, 9.17) is 4.98 Å². The summed E-state index contributed by atoms with van der Waals surface area (Å²) in [5, 5.41) is 0. The van der Waals surface area contributed by atoms with E-state index in [2.05, 4.69) is 49.7 Å². The molecular weight excluding hydrogens is 258 g/mol. The number of piperidine rings is 1. The van der Waals surface area contributed by atoms with Gasteiger partial charge in [-0.2, -0.15) is 0 Å². The highest BCUT2D eigenvalue weighted by Crippen LogP contribution is 2.29. The number of nitrogens with one attached hydrogen (secondary N) is 1. The van der Waals surface area contributed by atoms with Crippen LogP contribution in [0.15, 0.2) is 12.1 Å². The van der Waals surface area contributed by atoms with Crippen molar-refractivity contribution in [3.05, 3.63) is 29.1 Å². The minimum absolute atomic E-state index is 0.378. The van der Waals surface area contributed by atoms with E-state index in [1.165, 1.54) is 48.9 Å². The van der Waals surface area contributed by atoms with E-state index < -0.39 is 0 Å². The SMILES string of the molecule is CCC1CCCCN1C(C)c1nc2cc(C)c(C)cc2[nH]1. The third-order valence-electron chi connectivity index (χ3n) is 5.15. The molecule has 2 aromatic rings. The Hall–Kier alpha value is -1.35. The fourth-order valence-corrected chi connectivity index (χ4v) is 3.62. The van der Waals surface area contributed by atoms with Crippen molar-refractivity contribution >= 4 is 11.0 Å². The van der Waals surface area contributed by atoms with Gasteiger partial charge < -0.3 is 4.98 Å². The Morgan fingerprint density at radius 2 is 2.05 bits per heavy atom. The number of imidazole rings is 1. The van der Waals surface area contributed by atoms with Gasteiger partial charge in [0.2, 0.25) is 0 Å². The van der Waals surface area contributed by atoms with Crippen LogP contribution in [0.4, 0.5) is 0 Å². The summed E-state index contributed by atoms with van der Waals surface area (Å²) >= 11 is 0. The molecule has 3 rings (SSSR count). The zero-order valence-corrected chi connectivity index (χ0v) is 13.7. The lowest BCUT2D eigenvalue weighted by Crippen LogP contribution is -2.41. The number of benzene rings is 1. The molecule has 1 N–H and O–H groups in total. The van der Waals surface area contributed by atoms with Gasteiger partial charge in [-0.1, -0.05) is 13.3 Å². The molecule has 2 unspecified atom stereocenters. The van der Waals surface area contributed by atoms with E-state index in [0.29, 0.717) is 12.1 Å². The molecule has 1 aromatic carbocycles. The maximum atomic E-state index is 4.86. The normalized spacial score (nSPS) is 21.8. The van der Waals surface area contributed by atoms with Crippen LogP contribution in [0.3, 0.4) is 0 Å². The van der Waals surface area contributed by atoms with Crippen LogP contribution in [0.5, 0.6) is 0 Å². The summed E-state index contributed by atoms with van der Waals surface area (Å²) in [4.78, 5) is 11.1. The van der Waals surface area contributed by atoms with Crippen molar-refractivity contribution < 1.29 is 0 Å². The van der Waals surface area contributed by atoms with Gasteiger partial charge in [-0.3, -0.25) is 4.90 Å². The molecular formula is C18H27N3. The predicted molar refractivity (Wildman–Crippen MR) is 88.6 cm³/mol. The zero-order valence-electron chi connectivity index (χ0n) is 13.7. The second-order valence-corrected chi connectivity index (χ2v) is 6.55. The van der Waals surface area contributed by atoms with Crippen molar-refractivity contribution in [2.45, 2.75) is 65.5 Å². The first-order valence-corrected chi connectivity index (χ1v) is 8.32. The highest BCUT2D eigenvalue weighted by Gasteiger charge is 2.27. The fraction of sp³-hybridized carbons (Fsp3) is 0.611. The fourth-order valence-electron chi connectivity index (χ4n) is 3.62. The van der Waals surface area contributed by atoms with Crippen molar-refractivity contribution in [2.75, 3.05) is 6.54 Å². The molecule has 2 heterocycles. The van der Waals surface area contributed by atoms with Gasteiger partial charge in [-0.25, -0.2) is 4.98 Å². The minimum atomic E-state index is 0.378. The molecule has 1 saturated heterocycles. The summed E-state index contributed by atoms with van der Waals surface area (Å²) in [6.07, 6.45) is 5.27. The van der Waals surface area contributed by atoms with E-state index in [1.807, 2.05) is 0 Å². The lowest BCUT2D eigenvalue weighted by Gasteiger charge is -2.38. The molecule has 3 heteroatoms. The van der Waals surface area contributed by atoms with Crippen LogP contribution in [-0.2, 0) is 0 Å². The summed E-state index contributed by atoms with van der Waals surface area (Å²) in [5.41, 5.74) is 4.92. The van der Waals surface area contributed by atoms with Crippen LogP contribution in [0.1, 0.15) is 62.5 Å². The average molecular weight is 285 g/mol. The summed E-state index contributed by atoms with van der Waals surface area (Å²) in [6.45, 7) is 10.1. The molecule has 0 spiro atoms. The van der Waals surface area contributed by atoms with Crippen molar-refractivity contribution in [2.24, 2.45) is 0 Å². The van der Waals surface area contributed by atoms with Crippen molar-refractivity contribution in [1.82, 2.24) is 14.9 Å². The molecule has 0 saturated carbocycles. The Kier molecular flexibility index (Phi) is 4.03. The molecule has 114 valence electrons. The van der Waals surface area contributed by atoms with Crippen LogP contribution in [0, 0.1) is 13.8 Å². The van der Waals surface area contributed by atoms with Crippen molar-refractivity contribution in [1.29, 1.82) is 0 Å². The second-order valence-electron chi connectivity index (χ2n) is 6.55. The van der Waals surface area contributed by atoms with Crippen LogP contribution in [0.25, 0.3) is 11.0 Å². The molecule has 2 atom stereocenters. The molecule has 0 amide bonds. The summed E-state index contributed by atoms with van der Waals surface area (Å²) in [6, 6.07) is 5.51. The molecule has 1 aliphatic rings. The van der Waals surface area contributed by atoms with Crippen molar-refractivity contribution in [3.8, 4) is 0 Å².